The molecule has 3 rings (SSSR count). The van der Waals surface area contributed by atoms with E-state index in [-0.39, 0.29) is 12.1 Å². The first kappa shape index (κ1) is 16.2. The zero-order valence-electron chi connectivity index (χ0n) is 12.7. The third-order valence-electron chi connectivity index (χ3n) is 4.36. The van der Waals surface area contributed by atoms with E-state index in [1.807, 2.05) is 7.05 Å². The number of hydrogen-bond donors (Lipinski definition) is 0. The van der Waals surface area contributed by atoms with Gasteiger partial charge in [-0.3, -0.25) is 9.78 Å². The molecule has 8 heteroatoms. The van der Waals surface area contributed by atoms with Crippen LogP contribution in [0.3, 0.4) is 0 Å². The molecule has 2 saturated heterocycles. The van der Waals surface area contributed by atoms with Crippen molar-refractivity contribution in [2.75, 3.05) is 33.3 Å². The number of pyridine rings is 1. The van der Waals surface area contributed by atoms with E-state index in [4.69, 9.17) is 4.74 Å². The summed E-state index contributed by atoms with van der Waals surface area (Å²) < 4.78 is 45.0. The fraction of sp³-hybridized carbons (Fsp3) is 0.600. The summed E-state index contributed by atoms with van der Waals surface area (Å²) >= 11 is 0. The lowest BCUT2D eigenvalue weighted by Gasteiger charge is -2.46. The first-order valence-electron chi connectivity index (χ1n) is 7.51. The summed E-state index contributed by atoms with van der Waals surface area (Å²) in [7, 11) is 1.93. The molecule has 0 radical (unpaired) electrons. The Labute approximate surface area is 132 Å². The molecule has 0 aromatic carbocycles. The zero-order valence-corrected chi connectivity index (χ0v) is 12.7. The molecule has 2 atom stereocenters. The van der Waals surface area contributed by atoms with Crippen LogP contribution in [0.2, 0.25) is 0 Å². The number of hydrogen-bond acceptors (Lipinski definition) is 4. The van der Waals surface area contributed by atoms with Crippen LogP contribution in [0.25, 0.3) is 0 Å². The first-order chi connectivity index (χ1) is 10.9. The smallest absolute Gasteiger partial charge is 0.374 e. The highest BCUT2D eigenvalue weighted by Crippen LogP contribution is 2.32. The van der Waals surface area contributed by atoms with Gasteiger partial charge in [0.15, 0.2) is 5.69 Å². The van der Waals surface area contributed by atoms with Crippen molar-refractivity contribution >= 4 is 5.91 Å². The van der Waals surface area contributed by atoms with Gasteiger partial charge in [0.05, 0.1) is 24.3 Å². The summed E-state index contributed by atoms with van der Waals surface area (Å²) in [5, 5.41) is 0. The van der Waals surface area contributed by atoms with Crippen LogP contribution < -0.4 is 0 Å². The fourth-order valence-corrected chi connectivity index (χ4v) is 3.24. The Balaban J connectivity index is 1.91. The van der Waals surface area contributed by atoms with Crippen molar-refractivity contribution in [2.24, 2.45) is 0 Å². The molecule has 0 unspecified atom stereocenters. The molecule has 1 amide bonds. The fourth-order valence-electron chi connectivity index (χ4n) is 3.24. The van der Waals surface area contributed by atoms with Gasteiger partial charge in [0, 0.05) is 25.8 Å². The lowest BCUT2D eigenvalue weighted by Crippen LogP contribution is -2.60. The van der Waals surface area contributed by atoms with Crippen LogP contribution in [0.4, 0.5) is 13.2 Å². The molecular weight excluding hydrogens is 311 g/mol. The topological polar surface area (TPSA) is 45.7 Å². The Bertz CT molecular complexity index is 594. The number of piperidine rings is 1. The van der Waals surface area contributed by atoms with Crippen molar-refractivity contribution in [3.05, 3.63) is 29.6 Å². The maximum atomic E-state index is 13.1. The minimum Gasteiger partial charge on any atom is -0.374 e. The number of amides is 1. The maximum Gasteiger partial charge on any atom is 0.434 e. The third-order valence-corrected chi connectivity index (χ3v) is 4.36. The van der Waals surface area contributed by atoms with Gasteiger partial charge in [0.1, 0.15) is 0 Å². The number of carbonyl (C=O) groups excluding carboxylic acids is 1. The molecule has 0 bridgehead atoms. The van der Waals surface area contributed by atoms with Crippen LogP contribution in [0.5, 0.6) is 0 Å². The molecule has 2 aliphatic heterocycles. The molecule has 1 aromatic rings. The van der Waals surface area contributed by atoms with E-state index in [0.717, 1.165) is 19.2 Å². The lowest BCUT2D eigenvalue weighted by atomic mass is 9.98. The molecule has 0 saturated carbocycles. The van der Waals surface area contributed by atoms with E-state index in [0.29, 0.717) is 19.7 Å². The van der Waals surface area contributed by atoms with Crippen molar-refractivity contribution in [1.82, 2.24) is 14.8 Å². The van der Waals surface area contributed by atoms with Gasteiger partial charge in [0.2, 0.25) is 0 Å². The van der Waals surface area contributed by atoms with Gasteiger partial charge in [-0.25, -0.2) is 0 Å². The number of morpholine rings is 1. The number of likely N-dealkylation sites (tertiary alicyclic amines) is 1. The Kier molecular flexibility index (Phi) is 4.29. The van der Waals surface area contributed by atoms with E-state index in [2.05, 4.69) is 9.88 Å². The van der Waals surface area contributed by atoms with Gasteiger partial charge in [-0.2, -0.15) is 13.2 Å². The highest BCUT2D eigenvalue weighted by Gasteiger charge is 2.42. The standard InChI is InChI=1S/C15H18F3N3O2/c1-20-6-4-12-11(9-20)21(7-8-23-12)14(22)10-3-2-5-19-13(10)15(16,17)18/h2-3,5,11-12H,4,6-9H2,1H3/t11-,12-/m1/s1. The number of nitrogens with zero attached hydrogens (tertiary/aromatic N) is 3. The second-order valence-electron chi connectivity index (χ2n) is 5.92. The summed E-state index contributed by atoms with van der Waals surface area (Å²) in [6.45, 7) is 2.08. The number of fused-ring (bicyclic) bond motifs is 1. The predicted octanol–water partition coefficient (Wildman–Crippen LogP) is 1.65. The minimum atomic E-state index is -4.65. The number of likely N-dealkylation sites (N-methyl/N-ethyl adjacent to an activating group) is 1. The molecule has 1 aromatic heterocycles. The summed E-state index contributed by atoms with van der Waals surface area (Å²) in [6.07, 6.45) is -2.95. The van der Waals surface area contributed by atoms with E-state index < -0.39 is 23.3 Å². The van der Waals surface area contributed by atoms with Gasteiger partial charge < -0.3 is 14.5 Å². The predicted molar refractivity (Wildman–Crippen MR) is 75.9 cm³/mol. The zero-order chi connectivity index (χ0) is 16.6. The van der Waals surface area contributed by atoms with E-state index >= 15 is 0 Å². The van der Waals surface area contributed by atoms with Gasteiger partial charge in [0.25, 0.3) is 5.91 Å². The SMILES string of the molecule is CN1CC[C@H]2OCCN(C(=O)c3cccnc3C(F)(F)F)[C@@H]2C1. The van der Waals surface area contributed by atoms with Crippen molar-refractivity contribution in [3.8, 4) is 0 Å². The molecule has 0 N–H and O–H groups in total. The molecule has 23 heavy (non-hydrogen) atoms. The normalized spacial score (nSPS) is 26.0. The monoisotopic (exact) mass is 329 g/mol. The number of alkyl halides is 3. The molecule has 0 aliphatic carbocycles. The average molecular weight is 329 g/mol. The number of halogens is 3. The van der Waals surface area contributed by atoms with Crippen molar-refractivity contribution in [3.63, 3.8) is 0 Å². The van der Waals surface area contributed by atoms with Crippen LogP contribution in [0.15, 0.2) is 18.3 Å². The first-order valence-corrected chi connectivity index (χ1v) is 7.51. The molecule has 126 valence electrons. The lowest BCUT2D eigenvalue weighted by molar-refractivity contribution is -0.141. The molecule has 0 spiro atoms. The largest absolute Gasteiger partial charge is 0.434 e. The number of aromatic nitrogens is 1. The summed E-state index contributed by atoms with van der Waals surface area (Å²) in [5.41, 5.74) is -1.52. The number of ether oxygens (including phenoxy) is 1. The van der Waals surface area contributed by atoms with E-state index in [9.17, 15) is 18.0 Å². The van der Waals surface area contributed by atoms with Crippen molar-refractivity contribution in [2.45, 2.75) is 24.7 Å². The molecule has 2 aliphatic rings. The van der Waals surface area contributed by atoms with Gasteiger partial charge in [-0.1, -0.05) is 0 Å². The molecule has 3 heterocycles. The van der Waals surface area contributed by atoms with Crippen LogP contribution in [-0.2, 0) is 10.9 Å². The van der Waals surface area contributed by atoms with Crippen molar-refractivity contribution < 1.29 is 22.7 Å². The molecule has 2 fully saturated rings. The van der Waals surface area contributed by atoms with Crippen LogP contribution in [-0.4, -0.2) is 66.1 Å². The second kappa shape index (κ2) is 6.09. The molecule has 5 nitrogen and oxygen atoms in total. The summed E-state index contributed by atoms with van der Waals surface area (Å²) in [4.78, 5) is 19.7. The summed E-state index contributed by atoms with van der Waals surface area (Å²) in [5.74, 6) is -0.626. The maximum absolute atomic E-state index is 13.1. The quantitative estimate of drug-likeness (QED) is 0.786. The Morgan fingerprint density at radius 3 is 2.91 bits per heavy atom. The Morgan fingerprint density at radius 1 is 1.39 bits per heavy atom. The van der Waals surface area contributed by atoms with Gasteiger partial charge in [-0.05, 0) is 25.6 Å². The van der Waals surface area contributed by atoms with Gasteiger partial charge in [-0.15, -0.1) is 0 Å². The number of rotatable bonds is 1. The van der Waals surface area contributed by atoms with Crippen LogP contribution in [0, 0.1) is 0 Å². The van der Waals surface area contributed by atoms with E-state index in [1.54, 1.807) is 0 Å². The summed E-state index contributed by atoms with van der Waals surface area (Å²) in [6, 6.07) is 2.32. The second-order valence-corrected chi connectivity index (χ2v) is 5.92. The Hall–Kier alpha value is -1.67. The highest BCUT2D eigenvalue weighted by atomic mass is 19.4. The average Bonchev–Trinajstić information content (AvgIpc) is 2.53. The number of carbonyl (C=O) groups is 1. The third kappa shape index (κ3) is 3.18. The Morgan fingerprint density at radius 2 is 2.17 bits per heavy atom. The van der Waals surface area contributed by atoms with Gasteiger partial charge >= 0.3 is 6.18 Å². The van der Waals surface area contributed by atoms with Crippen LogP contribution >= 0.6 is 0 Å². The highest BCUT2D eigenvalue weighted by molar-refractivity contribution is 5.95. The van der Waals surface area contributed by atoms with Crippen molar-refractivity contribution in [1.29, 1.82) is 0 Å². The van der Waals surface area contributed by atoms with Crippen LogP contribution in [0.1, 0.15) is 22.5 Å². The molecular formula is C15H18F3N3O2. The van der Waals surface area contributed by atoms with E-state index in [1.165, 1.54) is 17.0 Å². The minimum absolute atomic E-state index is 0.116.